The minimum atomic E-state index is 0.199. The van der Waals surface area contributed by atoms with Crippen LogP contribution in [0.25, 0.3) is 0 Å². The molecule has 1 heterocycles. The average molecular weight is 226 g/mol. The average Bonchev–Trinajstić information content (AvgIpc) is 2.28. The summed E-state index contributed by atoms with van der Waals surface area (Å²) in [5.41, 5.74) is 0. The van der Waals surface area contributed by atoms with Crippen molar-refractivity contribution in [2.75, 3.05) is 20.1 Å². The summed E-state index contributed by atoms with van der Waals surface area (Å²) in [6, 6.07) is 0.573. The van der Waals surface area contributed by atoms with Crippen LogP contribution in [0.5, 0.6) is 0 Å². The molecule has 0 aromatic rings. The molecule has 3 nitrogen and oxygen atoms in total. The zero-order valence-corrected chi connectivity index (χ0v) is 11.1. The standard InChI is InChI=1S/C13H26N2O/c1-5-10(2)9-15(4)13(16)12-7-6-11(3)14-8-12/h10-12,14H,5-9H2,1-4H3. The molecule has 0 bridgehead atoms. The largest absolute Gasteiger partial charge is 0.345 e. The Labute approximate surface area is 99.6 Å². The predicted molar refractivity (Wildman–Crippen MR) is 67.3 cm³/mol. The van der Waals surface area contributed by atoms with Gasteiger partial charge in [0, 0.05) is 26.2 Å². The topological polar surface area (TPSA) is 32.3 Å². The van der Waals surface area contributed by atoms with Crippen LogP contribution in [0, 0.1) is 11.8 Å². The Balaban J connectivity index is 2.38. The molecule has 0 aromatic heterocycles. The third-order valence-electron chi connectivity index (χ3n) is 3.67. The smallest absolute Gasteiger partial charge is 0.226 e. The summed E-state index contributed by atoms with van der Waals surface area (Å²) in [5, 5.41) is 3.39. The van der Waals surface area contributed by atoms with E-state index in [1.54, 1.807) is 0 Å². The molecule has 16 heavy (non-hydrogen) atoms. The number of hydrogen-bond acceptors (Lipinski definition) is 2. The first-order valence-corrected chi connectivity index (χ1v) is 6.53. The van der Waals surface area contributed by atoms with E-state index in [1.807, 2.05) is 11.9 Å². The molecule has 3 heteroatoms. The van der Waals surface area contributed by atoms with Crippen molar-refractivity contribution in [1.82, 2.24) is 10.2 Å². The number of carbonyl (C=O) groups is 1. The lowest BCUT2D eigenvalue weighted by Gasteiger charge is -2.31. The molecule has 0 aliphatic carbocycles. The highest BCUT2D eigenvalue weighted by Gasteiger charge is 2.26. The monoisotopic (exact) mass is 226 g/mol. The second kappa shape index (κ2) is 6.24. The second-order valence-corrected chi connectivity index (χ2v) is 5.32. The van der Waals surface area contributed by atoms with Crippen molar-refractivity contribution >= 4 is 5.91 Å². The van der Waals surface area contributed by atoms with Crippen molar-refractivity contribution < 1.29 is 4.79 Å². The Morgan fingerprint density at radius 2 is 2.19 bits per heavy atom. The van der Waals surface area contributed by atoms with Crippen LogP contribution in [-0.2, 0) is 4.79 Å². The normalized spacial score (nSPS) is 27.5. The van der Waals surface area contributed by atoms with E-state index in [4.69, 9.17) is 0 Å². The number of nitrogens with zero attached hydrogens (tertiary/aromatic N) is 1. The minimum absolute atomic E-state index is 0.199. The highest BCUT2D eigenvalue weighted by molar-refractivity contribution is 5.78. The zero-order valence-electron chi connectivity index (χ0n) is 11.1. The molecule has 3 unspecified atom stereocenters. The summed E-state index contributed by atoms with van der Waals surface area (Å²) >= 11 is 0. The molecule has 1 amide bonds. The van der Waals surface area contributed by atoms with Gasteiger partial charge in [0.15, 0.2) is 0 Å². The summed E-state index contributed by atoms with van der Waals surface area (Å²) in [7, 11) is 1.94. The molecule has 0 aromatic carbocycles. The molecule has 0 radical (unpaired) electrons. The molecule has 1 N–H and O–H groups in total. The zero-order chi connectivity index (χ0) is 12.1. The Kier molecular flexibility index (Phi) is 5.26. The first kappa shape index (κ1) is 13.5. The minimum Gasteiger partial charge on any atom is -0.345 e. The Morgan fingerprint density at radius 3 is 2.69 bits per heavy atom. The lowest BCUT2D eigenvalue weighted by atomic mass is 9.94. The molecule has 1 aliphatic rings. The summed E-state index contributed by atoms with van der Waals surface area (Å²) in [6.45, 7) is 8.30. The van der Waals surface area contributed by atoms with Crippen molar-refractivity contribution in [3.05, 3.63) is 0 Å². The molecular weight excluding hydrogens is 200 g/mol. The van der Waals surface area contributed by atoms with Gasteiger partial charge in [-0.15, -0.1) is 0 Å². The van der Waals surface area contributed by atoms with Crippen LogP contribution >= 0.6 is 0 Å². The van der Waals surface area contributed by atoms with Gasteiger partial charge in [0.05, 0.1) is 5.92 Å². The molecule has 94 valence electrons. The first-order valence-electron chi connectivity index (χ1n) is 6.53. The SMILES string of the molecule is CCC(C)CN(C)C(=O)C1CCC(C)NC1. The summed E-state index contributed by atoms with van der Waals surface area (Å²) in [4.78, 5) is 14.1. The van der Waals surface area contributed by atoms with Crippen molar-refractivity contribution in [3.8, 4) is 0 Å². The number of amides is 1. The fraction of sp³-hybridized carbons (Fsp3) is 0.923. The molecule has 1 saturated heterocycles. The number of hydrogen-bond donors (Lipinski definition) is 1. The van der Waals surface area contributed by atoms with Crippen molar-refractivity contribution in [2.45, 2.75) is 46.1 Å². The third-order valence-corrected chi connectivity index (χ3v) is 3.67. The molecule has 0 spiro atoms. The van der Waals surface area contributed by atoms with E-state index in [9.17, 15) is 4.79 Å². The molecule has 3 atom stereocenters. The maximum atomic E-state index is 12.1. The Hall–Kier alpha value is -0.570. The van der Waals surface area contributed by atoms with Crippen LogP contribution in [-0.4, -0.2) is 37.0 Å². The van der Waals surface area contributed by atoms with Gasteiger partial charge in [0.2, 0.25) is 5.91 Å². The van der Waals surface area contributed by atoms with Gasteiger partial charge in [-0.1, -0.05) is 20.3 Å². The Morgan fingerprint density at radius 1 is 1.50 bits per heavy atom. The second-order valence-electron chi connectivity index (χ2n) is 5.32. The van der Waals surface area contributed by atoms with E-state index in [2.05, 4.69) is 26.1 Å². The highest BCUT2D eigenvalue weighted by Crippen LogP contribution is 2.17. The number of nitrogens with one attached hydrogen (secondary N) is 1. The van der Waals surface area contributed by atoms with Crippen molar-refractivity contribution in [2.24, 2.45) is 11.8 Å². The maximum Gasteiger partial charge on any atom is 0.226 e. The van der Waals surface area contributed by atoms with Gasteiger partial charge in [-0.05, 0) is 25.7 Å². The van der Waals surface area contributed by atoms with Crippen LogP contribution in [0.15, 0.2) is 0 Å². The molecule has 1 aliphatic heterocycles. The molecule has 1 fully saturated rings. The van der Waals surface area contributed by atoms with Crippen LogP contribution in [0.3, 0.4) is 0 Å². The summed E-state index contributed by atoms with van der Waals surface area (Å²) < 4.78 is 0. The highest BCUT2D eigenvalue weighted by atomic mass is 16.2. The number of piperidine rings is 1. The van der Waals surface area contributed by atoms with E-state index in [0.29, 0.717) is 17.9 Å². The van der Waals surface area contributed by atoms with E-state index >= 15 is 0 Å². The van der Waals surface area contributed by atoms with Crippen LogP contribution in [0.2, 0.25) is 0 Å². The van der Waals surface area contributed by atoms with E-state index < -0.39 is 0 Å². The van der Waals surface area contributed by atoms with Crippen molar-refractivity contribution in [1.29, 1.82) is 0 Å². The lowest BCUT2D eigenvalue weighted by molar-refractivity contribution is -0.135. The van der Waals surface area contributed by atoms with Gasteiger partial charge >= 0.3 is 0 Å². The van der Waals surface area contributed by atoms with Crippen LogP contribution in [0.4, 0.5) is 0 Å². The van der Waals surface area contributed by atoms with Crippen LogP contribution in [0.1, 0.15) is 40.0 Å². The fourth-order valence-corrected chi connectivity index (χ4v) is 2.21. The van der Waals surface area contributed by atoms with Gasteiger partial charge in [0.1, 0.15) is 0 Å². The fourth-order valence-electron chi connectivity index (χ4n) is 2.21. The van der Waals surface area contributed by atoms with E-state index in [0.717, 1.165) is 32.4 Å². The van der Waals surface area contributed by atoms with E-state index in [-0.39, 0.29) is 5.92 Å². The quantitative estimate of drug-likeness (QED) is 0.794. The van der Waals surface area contributed by atoms with Gasteiger partial charge in [-0.25, -0.2) is 0 Å². The van der Waals surface area contributed by atoms with Gasteiger partial charge in [-0.3, -0.25) is 4.79 Å². The Bertz CT molecular complexity index is 222. The molecule has 0 saturated carbocycles. The number of rotatable bonds is 4. The first-order chi connectivity index (χ1) is 7.54. The summed E-state index contributed by atoms with van der Waals surface area (Å²) in [6.07, 6.45) is 3.29. The van der Waals surface area contributed by atoms with Gasteiger partial charge < -0.3 is 10.2 Å². The molecule has 1 rings (SSSR count). The maximum absolute atomic E-state index is 12.1. The van der Waals surface area contributed by atoms with Crippen molar-refractivity contribution in [3.63, 3.8) is 0 Å². The van der Waals surface area contributed by atoms with Gasteiger partial charge in [-0.2, -0.15) is 0 Å². The number of carbonyl (C=O) groups excluding carboxylic acids is 1. The predicted octanol–water partition coefficient (Wildman–Crippen LogP) is 1.88. The van der Waals surface area contributed by atoms with Gasteiger partial charge in [0.25, 0.3) is 0 Å². The molecular formula is C13H26N2O. The summed E-state index contributed by atoms with van der Waals surface area (Å²) in [5.74, 6) is 1.12. The third kappa shape index (κ3) is 3.78. The lowest BCUT2D eigenvalue weighted by Crippen LogP contribution is -2.45. The van der Waals surface area contributed by atoms with E-state index in [1.165, 1.54) is 0 Å². The van der Waals surface area contributed by atoms with Crippen LogP contribution < -0.4 is 5.32 Å².